The second-order valence-corrected chi connectivity index (χ2v) is 6.93. The summed E-state index contributed by atoms with van der Waals surface area (Å²) >= 11 is 0. The quantitative estimate of drug-likeness (QED) is 0.561. The Hall–Kier alpha value is -3.54. The van der Waals surface area contributed by atoms with Crippen LogP contribution in [0.4, 0.5) is 10.1 Å². The molecule has 4 rings (SSSR count). The van der Waals surface area contributed by atoms with Gasteiger partial charge in [-0.05, 0) is 48.9 Å². The van der Waals surface area contributed by atoms with Gasteiger partial charge in [-0.2, -0.15) is 5.10 Å². The third kappa shape index (κ3) is 4.32. The van der Waals surface area contributed by atoms with Crippen LogP contribution >= 0.6 is 0 Å². The van der Waals surface area contributed by atoms with Crippen molar-refractivity contribution in [3.05, 3.63) is 78.3 Å². The summed E-state index contributed by atoms with van der Waals surface area (Å²) in [6.07, 6.45) is 3.26. The van der Waals surface area contributed by atoms with E-state index in [-0.39, 0.29) is 18.5 Å². The first kappa shape index (κ1) is 18.8. The topological polar surface area (TPSA) is 62.0 Å². The van der Waals surface area contributed by atoms with Gasteiger partial charge >= 0.3 is 0 Å². The Morgan fingerprint density at radius 1 is 1.10 bits per heavy atom. The molecule has 5 nitrogen and oxygen atoms in total. The fourth-order valence-corrected chi connectivity index (χ4v) is 3.17. The van der Waals surface area contributed by atoms with Crippen LogP contribution in [-0.4, -0.2) is 29.9 Å². The summed E-state index contributed by atoms with van der Waals surface area (Å²) in [5, 5.41) is 13.7. The van der Waals surface area contributed by atoms with Crippen LogP contribution in [0.2, 0.25) is 0 Å². The first-order valence-electron chi connectivity index (χ1n) is 9.52. The van der Waals surface area contributed by atoms with E-state index in [0.717, 1.165) is 28.2 Å². The molecule has 0 aliphatic carbocycles. The van der Waals surface area contributed by atoms with Gasteiger partial charge in [0.1, 0.15) is 18.2 Å². The predicted octanol–water partition coefficient (Wildman–Crippen LogP) is 4.89. The van der Waals surface area contributed by atoms with Crippen molar-refractivity contribution in [3.63, 3.8) is 0 Å². The van der Waals surface area contributed by atoms with Crippen molar-refractivity contribution in [2.75, 3.05) is 19.0 Å². The Morgan fingerprint density at radius 3 is 2.72 bits per heavy atom. The normalized spacial score (nSPS) is 15.9. The summed E-state index contributed by atoms with van der Waals surface area (Å²) in [6.45, 7) is 2.11. The lowest BCUT2D eigenvalue weighted by atomic mass is 10.1. The number of halogens is 1. The number of hydrogen-bond acceptors (Lipinski definition) is 4. The Labute approximate surface area is 169 Å². The molecule has 148 valence electrons. The fraction of sp³-hybridized carbons (Fsp3) is 0.174. The summed E-state index contributed by atoms with van der Waals surface area (Å²) < 4.78 is 19.7. The molecule has 0 bridgehead atoms. The maximum Gasteiger partial charge on any atom is 0.145 e. The molecule has 1 atom stereocenters. The van der Waals surface area contributed by atoms with Crippen LogP contribution in [-0.2, 0) is 0 Å². The highest BCUT2D eigenvalue weighted by Crippen LogP contribution is 2.27. The van der Waals surface area contributed by atoms with Gasteiger partial charge in [0.25, 0.3) is 0 Å². The third-order valence-corrected chi connectivity index (χ3v) is 4.80. The van der Waals surface area contributed by atoms with Crippen LogP contribution in [0, 0.1) is 0 Å². The molecule has 1 aromatic heterocycles. The van der Waals surface area contributed by atoms with Crippen molar-refractivity contribution in [1.82, 2.24) is 15.5 Å². The van der Waals surface area contributed by atoms with Crippen LogP contribution in [0.25, 0.3) is 22.5 Å². The van der Waals surface area contributed by atoms with Crippen molar-refractivity contribution in [2.45, 2.75) is 13.0 Å². The molecule has 1 aliphatic heterocycles. The molecule has 0 amide bonds. The van der Waals surface area contributed by atoms with Crippen molar-refractivity contribution < 1.29 is 9.13 Å². The SMILES string of the molecule is CNc1ccc(-c2cc(-c3cccc(OCC4=C(F)C=CC(C)N4)c3)n[nH]2)cc1. The van der Waals surface area contributed by atoms with E-state index < -0.39 is 0 Å². The molecule has 0 spiro atoms. The Bertz CT molecular complexity index is 1050. The number of nitrogens with one attached hydrogen (secondary N) is 3. The van der Waals surface area contributed by atoms with Gasteiger partial charge < -0.3 is 15.4 Å². The maximum absolute atomic E-state index is 13.9. The fourth-order valence-electron chi connectivity index (χ4n) is 3.17. The number of aromatic amines is 1. The zero-order valence-corrected chi connectivity index (χ0v) is 16.4. The van der Waals surface area contributed by atoms with Crippen LogP contribution in [0.15, 0.2) is 78.3 Å². The average Bonchev–Trinajstić information content (AvgIpc) is 3.25. The minimum Gasteiger partial charge on any atom is -0.487 e. The molecule has 0 fully saturated rings. The molecule has 0 saturated heterocycles. The van der Waals surface area contributed by atoms with E-state index in [0.29, 0.717) is 11.4 Å². The summed E-state index contributed by atoms with van der Waals surface area (Å²) in [5.74, 6) is 0.371. The van der Waals surface area contributed by atoms with Crippen molar-refractivity contribution in [1.29, 1.82) is 0 Å². The number of aromatic nitrogens is 2. The molecule has 3 aromatic rings. The molecular weight excluding hydrogens is 367 g/mol. The predicted molar refractivity (Wildman–Crippen MR) is 114 cm³/mol. The van der Waals surface area contributed by atoms with E-state index >= 15 is 0 Å². The maximum atomic E-state index is 13.9. The number of dihydropyridines is 1. The van der Waals surface area contributed by atoms with Crippen LogP contribution in [0.5, 0.6) is 5.75 Å². The summed E-state index contributed by atoms with van der Waals surface area (Å²) in [7, 11) is 1.89. The summed E-state index contributed by atoms with van der Waals surface area (Å²) in [5.41, 5.74) is 5.26. The number of ether oxygens (including phenoxy) is 1. The van der Waals surface area contributed by atoms with E-state index in [2.05, 4.69) is 20.8 Å². The van der Waals surface area contributed by atoms with E-state index in [9.17, 15) is 4.39 Å². The molecule has 1 aliphatic rings. The Morgan fingerprint density at radius 2 is 1.93 bits per heavy atom. The highest BCUT2D eigenvalue weighted by atomic mass is 19.1. The molecule has 0 radical (unpaired) electrons. The van der Waals surface area contributed by atoms with Gasteiger partial charge in [0.15, 0.2) is 0 Å². The van der Waals surface area contributed by atoms with E-state index in [1.807, 2.05) is 68.6 Å². The van der Waals surface area contributed by atoms with Crippen molar-refractivity contribution in [2.24, 2.45) is 0 Å². The largest absolute Gasteiger partial charge is 0.487 e. The number of nitrogens with zero attached hydrogens (tertiary/aromatic N) is 1. The van der Waals surface area contributed by atoms with Crippen LogP contribution in [0.1, 0.15) is 6.92 Å². The molecule has 6 heteroatoms. The molecule has 3 N–H and O–H groups in total. The van der Waals surface area contributed by atoms with Gasteiger partial charge in [-0.3, -0.25) is 5.10 Å². The summed E-state index contributed by atoms with van der Waals surface area (Å²) in [4.78, 5) is 0. The number of anilines is 1. The van der Waals surface area contributed by atoms with Gasteiger partial charge in [-0.25, -0.2) is 4.39 Å². The molecular formula is C23H23FN4O. The minimum atomic E-state index is -0.291. The van der Waals surface area contributed by atoms with Crippen molar-refractivity contribution >= 4 is 5.69 Å². The lowest BCUT2D eigenvalue weighted by Crippen LogP contribution is -2.29. The zero-order chi connectivity index (χ0) is 20.2. The second-order valence-electron chi connectivity index (χ2n) is 6.93. The second kappa shape index (κ2) is 8.22. The molecule has 2 aromatic carbocycles. The number of benzene rings is 2. The lowest BCUT2D eigenvalue weighted by molar-refractivity contribution is 0.333. The van der Waals surface area contributed by atoms with Crippen molar-refractivity contribution in [3.8, 4) is 28.3 Å². The van der Waals surface area contributed by atoms with Crippen LogP contribution in [0.3, 0.4) is 0 Å². The highest BCUT2D eigenvalue weighted by molar-refractivity contribution is 5.70. The lowest BCUT2D eigenvalue weighted by Gasteiger charge is -2.19. The van der Waals surface area contributed by atoms with Gasteiger partial charge in [0.2, 0.25) is 0 Å². The number of rotatable bonds is 6. The first-order valence-corrected chi connectivity index (χ1v) is 9.52. The van der Waals surface area contributed by atoms with Gasteiger partial charge in [0, 0.05) is 24.3 Å². The van der Waals surface area contributed by atoms with Gasteiger partial charge in [0.05, 0.1) is 17.1 Å². The van der Waals surface area contributed by atoms with Gasteiger partial charge in [-0.1, -0.05) is 30.3 Å². The highest BCUT2D eigenvalue weighted by Gasteiger charge is 2.13. The number of hydrogen-bond donors (Lipinski definition) is 3. The van der Waals surface area contributed by atoms with E-state index in [1.54, 1.807) is 6.08 Å². The number of H-pyrrole nitrogens is 1. The van der Waals surface area contributed by atoms with Crippen LogP contribution < -0.4 is 15.4 Å². The molecule has 2 heterocycles. The summed E-state index contributed by atoms with van der Waals surface area (Å²) in [6, 6.07) is 17.9. The van der Waals surface area contributed by atoms with E-state index in [1.165, 1.54) is 6.08 Å². The first-order chi connectivity index (χ1) is 14.1. The Kier molecular flexibility index (Phi) is 5.33. The monoisotopic (exact) mass is 390 g/mol. The molecule has 0 saturated carbocycles. The molecule has 29 heavy (non-hydrogen) atoms. The zero-order valence-electron chi connectivity index (χ0n) is 16.4. The standard InChI is InChI=1S/C23H23FN4O/c1-15-6-11-20(24)23(26-15)14-29-19-5-3-4-17(12-19)22-13-21(27-28-22)16-7-9-18(25-2)10-8-16/h3-13,15,25-26H,14H2,1-2H3,(H,27,28). The Balaban J connectivity index is 1.49. The third-order valence-electron chi connectivity index (χ3n) is 4.80. The average molecular weight is 390 g/mol. The molecule has 1 unspecified atom stereocenters. The minimum absolute atomic E-state index is 0.0871. The van der Waals surface area contributed by atoms with Gasteiger partial charge in [-0.15, -0.1) is 0 Å². The van der Waals surface area contributed by atoms with E-state index in [4.69, 9.17) is 4.74 Å². The number of allylic oxidation sites excluding steroid dienone is 2. The smallest absolute Gasteiger partial charge is 0.145 e.